The second-order valence-electron chi connectivity index (χ2n) is 4.20. The summed E-state index contributed by atoms with van der Waals surface area (Å²) in [7, 11) is 1.89. The van der Waals surface area contributed by atoms with E-state index in [0.717, 1.165) is 5.69 Å². The third-order valence-corrected chi connectivity index (χ3v) is 2.61. The van der Waals surface area contributed by atoms with Crippen molar-refractivity contribution in [1.82, 2.24) is 0 Å². The first kappa shape index (κ1) is 13.3. The Labute approximate surface area is 101 Å². The van der Waals surface area contributed by atoms with Crippen LogP contribution in [0, 0.1) is 0 Å². The van der Waals surface area contributed by atoms with Crippen LogP contribution in [0.15, 0.2) is 18.2 Å². The van der Waals surface area contributed by atoms with Crippen LogP contribution in [0.5, 0.6) is 0 Å². The number of carbonyl (C=O) groups is 1. The summed E-state index contributed by atoms with van der Waals surface area (Å²) in [6, 6.07) is 4.97. The van der Waals surface area contributed by atoms with Gasteiger partial charge in [0.2, 0.25) is 5.91 Å². The van der Waals surface area contributed by atoms with Crippen molar-refractivity contribution in [2.75, 3.05) is 24.2 Å². The van der Waals surface area contributed by atoms with E-state index in [0.29, 0.717) is 24.2 Å². The Morgan fingerprint density at radius 1 is 1.53 bits per heavy atom. The summed E-state index contributed by atoms with van der Waals surface area (Å²) in [5, 5.41) is 9.22. The highest BCUT2D eigenvalue weighted by atomic mass is 16.3. The molecule has 1 rings (SSSR count). The molecule has 1 atom stereocenters. The minimum absolute atomic E-state index is 0.344. The fraction of sp³-hybridized carbons (Fsp3) is 0.417. The number of nitrogens with two attached hydrogens (primary N) is 2. The molecular weight excluding hydrogens is 218 g/mol. The number of anilines is 2. The number of amides is 1. The molecule has 1 unspecified atom stereocenters. The molecule has 0 heterocycles. The molecule has 1 aromatic carbocycles. The number of primary amides is 1. The average Bonchev–Trinajstić information content (AvgIpc) is 2.25. The van der Waals surface area contributed by atoms with Crippen LogP contribution in [0.25, 0.3) is 0 Å². The highest BCUT2D eigenvalue weighted by Crippen LogP contribution is 2.23. The Bertz CT molecular complexity index is 405. The number of aliphatic hydroxyl groups is 1. The Hall–Kier alpha value is -1.75. The van der Waals surface area contributed by atoms with Gasteiger partial charge in [0.05, 0.1) is 17.5 Å². The summed E-state index contributed by atoms with van der Waals surface area (Å²) in [6.07, 6.45) is 0.316. The highest BCUT2D eigenvalue weighted by Gasteiger charge is 2.09. The first-order chi connectivity index (χ1) is 7.91. The summed E-state index contributed by atoms with van der Waals surface area (Å²) in [4.78, 5) is 12.9. The zero-order chi connectivity index (χ0) is 13.0. The van der Waals surface area contributed by atoms with Crippen molar-refractivity contribution in [2.45, 2.75) is 19.4 Å². The molecule has 1 amide bonds. The third-order valence-electron chi connectivity index (χ3n) is 2.61. The van der Waals surface area contributed by atoms with Crippen LogP contribution in [0.4, 0.5) is 11.4 Å². The van der Waals surface area contributed by atoms with E-state index in [1.807, 2.05) is 11.9 Å². The molecule has 5 N–H and O–H groups in total. The van der Waals surface area contributed by atoms with E-state index in [9.17, 15) is 9.90 Å². The van der Waals surface area contributed by atoms with Gasteiger partial charge in [-0.1, -0.05) is 0 Å². The lowest BCUT2D eigenvalue weighted by atomic mass is 10.1. The lowest BCUT2D eigenvalue weighted by Gasteiger charge is -2.22. The van der Waals surface area contributed by atoms with Crippen molar-refractivity contribution in [3.05, 3.63) is 23.8 Å². The zero-order valence-corrected chi connectivity index (χ0v) is 10.2. The Balaban J connectivity index is 2.81. The maximum atomic E-state index is 11.0. The van der Waals surface area contributed by atoms with Crippen LogP contribution in [-0.2, 0) is 0 Å². The number of nitrogen functional groups attached to an aromatic ring is 1. The van der Waals surface area contributed by atoms with Gasteiger partial charge in [-0.05, 0) is 31.5 Å². The van der Waals surface area contributed by atoms with E-state index in [-0.39, 0.29) is 6.10 Å². The predicted molar refractivity (Wildman–Crippen MR) is 68.9 cm³/mol. The third kappa shape index (κ3) is 3.64. The zero-order valence-electron chi connectivity index (χ0n) is 10.2. The largest absolute Gasteiger partial charge is 0.397 e. The van der Waals surface area contributed by atoms with Crippen molar-refractivity contribution < 1.29 is 9.90 Å². The van der Waals surface area contributed by atoms with Crippen molar-refractivity contribution in [3.63, 3.8) is 0 Å². The number of rotatable bonds is 5. The van der Waals surface area contributed by atoms with Gasteiger partial charge >= 0.3 is 0 Å². The number of carbonyl (C=O) groups excluding carboxylic acids is 1. The standard InChI is InChI=1S/C12H19N3O2/c1-8(16)5-6-15(2)11-4-3-9(12(14)17)7-10(11)13/h3-4,7-8,16H,5-6,13H2,1-2H3,(H2,14,17). The van der Waals surface area contributed by atoms with Crippen LogP contribution >= 0.6 is 0 Å². The van der Waals surface area contributed by atoms with E-state index in [2.05, 4.69) is 0 Å². The van der Waals surface area contributed by atoms with Gasteiger partial charge in [-0.25, -0.2) is 0 Å². The van der Waals surface area contributed by atoms with Gasteiger partial charge in [0.25, 0.3) is 0 Å². The second kappa shape index (κ2) is 5.54. The van der Waals surface area contributed by atoms with Gasteiger partial charge in [0.15, 0.2) is 0 Å². The number of nitrogens with zero attached hydrogens (tertiary/aromatic N) is 1. The molecule has 1 aromatic rings. The van der Waals surface area contributed by atoms with Gasteiger partial charge < -0.3 is 21.5 Å². The monoisotopic (exact) mass is 237 g/mol. The molecule has 0 aromatic heterocycles. The molecule has 0 radical (unpaired) electrons. The van der Waals surface area contributed by atoms with Gasteiger partial charge in [-0.15, -0.1) is 0 Å². The molecule has 0 spiro atoms. The lowest BCUT2D eigenvalue weighted by molar-refractivity contribution is 0.100. The Morgan fingerprint density at radius 3 is 2.65 bits per heavy atom. The van der Waals surface area contributed by atoms with Crippen LogP contribution in [0.2, 0.25) is 0 Å². The minimum atomic E-state index is -0.491. The molecule has 5 nitrogen and oxygen atoms in total. The number of hydrogen-bond donors (Lipinski definition) is 3. The van der Waals surface area contributed by atoms with Gasteiger partial charge in [-0.3, -0.25) is 4.79 Å². The Morgan fingerprint density at radius 2 is 2.18 bits per heavy atom. The molecule has 0 fully saturated rings. The maximum Gasteiger partial charge on any atom is 0.248 e. The number of benzene rings is 1. The van der Waals surface area contributed by atoms with Gasteiger partial charge in [0, 0.05) is 19.2 Å². The minimum Gasteiger partial charge on any atom is -0.397 e. The summed E-state index contributed by atoms with van der Waals surface area (Å²) < 4.78 is 0. The maximum absolute atomic E-state index is 11.0. The van der Waals surface area contributed by atoms with Crippen LogP contribution in [0.1, 0.15) is 23.7 Å². The van der Waals surface area contributed by atoms with E-state index in [1.54, 1.807) is 25.1 Å². The van der Waals surface area contributed by atoms with E-state index >= 15 is 0 Å². The molecule has 0 aliphatic carbocycles. The van der Waals surface area contributed by atoms with E-state index in [1.165, 1.54) is 0 Å². The molecule has 0 bridgehead atoms. The quantitative estimate of drug-likeness (QED) is 0.653. The fourth-order valence-electron chi connectivity index (χ4n) is 1.56. The van der Waals surface area contributed by atoms with Crippen LogP contribution in [0.3, 0.4) is 0 Å². The summed E-state index contributed by atoms with van der Waals surface area (Å²) >= 11 is 0. The lowest BCUT2D eigenvalue weighted by Crippen LogP contribution is -2.23. The molecule has 0 aliphatic rings. The fourth-order valence-corrected chi connectivity index (χ4v) is 1.56. The van der Waals surface area contributed by atoms with E-state index < -0.39 is 5.91 Å². The van der Waals surface area contributed by atoms with Crippen molar-refractivity contribution in [3.8, 4) is 0 Å². The van der Waals surface area contributed by atoms with Crippen molar-refractivity contribution >= 4 is 17.3 Å². The number of hydrogen-bond acceptors (Lipinski definition) is 4. The summed E-state index contributed by atoms with van der Waals surface area (Å²) in [5.74, 6) is -0.491. The molecule has 0 aliphatic heterocycles. The summed E-state index contributed by atoms with van der Waals surface area (Å²) in [6.45, 7) is 2.44. The van der Waals surface area contributed by atoms with Crippen molar-refractivity contribution in [2.24, 2.45) is 5.73 Å². The molecule has 0 saturated heterocycles. The highest BCUT2D eigenvalue weighted by molar-refractivity contribution is 5.94. The predicted octanol–water partition coefficient (Wildman–Crippen LogP) is 0.575. The van der Waals surface area contributed by atoms with Gasteiger partial charge in [0.1, 0.15) is 0 Å². The van der Waals surface area contributed by atoms with Crippen LogP contribution in [-0.4, -0.2) is 30.7 Å². The molecular formula is C12H19N3O2. The van der Waals surface area contributed by atoms with Crippen molar-refractivity contribution in [1.29, 1.82) is 0 Å². The second-order valence-corrected chi connectivity index (χ2v) is 4.20. The SMILES string of the molecule is CC(O)CCN(C)c1ccc(C(N)=O)cc1N. The molecule has 94 valence electrons. The Kier molecular flexibility index (Phi) is 4.34. The molecule has 17 heavy (non-hydrogen) atoms. The molecule has 0 saturated carbocycles. The summed E-state index contributed by atoms with van der Waals surface area (Å²) in [5.41, 5.74) is 12.8. The average molecular weight is 237 g/mol. The van der Waals surface area contributed by atoms with E-state index in [4.69, 9.17) is 11.5 Å². The number of aliphatic hydroxyl groups excluding tert-OH is 1. The molecule has 5 heteroatoms. The topological polar surface area (TPSA) is 92.6 Å². The normalized spacial score (nSPS) is 12.2. The smallest absolute Gasteiger partial charge is 0.248 e. The van der Waals surface area contributed by atoms with Crippen LogP contribution < -0.4 is 16.4 Å². The first-order valence-electron chi connectivity index (χ1n) is 5.50. The first-order valence-corrected chi connectivity index (χ1v) is 5.50. The van der Waals surface area contributed by atoms with Gasteiger partial charge in [-0.2, -0.15) is 0 Å².